The van der Waals surface area contributed by atoms with Crippen molar-refractivity contribution in [1.82, 2.24) is 5.32 Å². The van der Waals surface area contributed by atoms with Crippen LogP contribution in [0.3, 0.4) is 0 Å². The molecule has 3 rings (SSSR count). The molecule has 0 saturated carbocycles. The third-order valence-corrected chi connectivity index (χ3v) is 5.75. The monoisotopic (exact) mass is 418 g/mol. The summed E-state index contributed by atoms with van der Waals surface area (Å²) in [6.45, 7) is 1.23. The lowest BCUT2D eigenvalue weighted by Crippen LogP contribution is -2.42. The summed E-state index contributed by atoms with van der Waals surface area (Å²) >= 11 is 0. The average molecular weight is 419 g/mol. The van der Waals surface area contributed by atoms with Gasteiger partial charge in [-0.2, -0.15) is 0 Å². The number of sulfonamides is 1. The second-order valence-electron chi connectivity index (χ2n) is 6.98. The fourth-order valence-corrected chi connectivity index (χ4v) is 3.93. The van der Waals surface area contributed by atoms with Crippen LogP contribution in [0.15, 0.2) is 54.6 Å². The van der Waals surface area contributed by atoms with Gasteiger partial charge in [0.15, 0.2) is 0 Å². The largest absolute Gasteiger partial charge is 0.489 e. The molecule has 1 saturated heterocycles. The lowest BCUT2D eigenvalue weighted by Gasteiger charge is -2.22. The number of rotatable bonds is 9. The Morgan fingerprint density at radius 1 is 1.17 bits per heavy atom. The van der Waals surface area contributed by atoms with Crippen molar-refractivity contribution in [3.8, 4) is 5.75 Å². The van der Waals surface area contributed by atoms with Gasteiger partial charge in [0.1, 0.15) is 18.9 Å². The van der Waals surface area contributed by atoms with Crippen molar-refractivity contribution in [3.63, 3.8) is 0 Å². The van der Waals surface area contributed by atoms with E-state index in [1.54, 1.807) is 24.3 Å². The minimum atomic E-state index is -3.62. The van der Waals surface area contributed by atoms with Crippen molar-refractivity contribution in [2.24, 2.45) is 0 Å². The Morgan fingerprint density at radius 2 is 1.90 bits per heavy atom. The summed E-state index contributed by atoms with van der Waals surface area (Å²) in [6, 6.07) is 16.4. The molecule has 29 heavy (non-hydrogen) atoms. The molecule has 0 aromatic heterocycles. The highest BCUT2D eigenvalue weighted by Gasteiger charge is 2.22. The minimum absolute atomic E-state index is 0.00619. The average Bonchev–Trinajstić information content (AvgIpc) is 3.23. The summed E-state index contributed by atoms with van der Waals surface area (Å²) in [5.74, 6) is 0.254. The maximum absolute atomic E-state index is 12.3. The molecule has 1 atom stereocenters. The van der Waals surface area contributed by atoms with E-state index in [4.69, 9.17) is 9.47 Å². The second-order valence-corrected chi connectivity index (χ2v) is 8.88. The van der Waals surface area contributed by atoms with Crippen molar-refractivity contribution in [1.29, 1.82) is 0 Å². The van der Waals surface area contributed by atoms with Crippen LogP contribution in [0.5, 0.6) is 5.75 Å². The number of anilines is 1. The molecule has 0 bridgehead atoms. The van der Waals surface area contributed by atoms with Crippen LogP contribution >= 0.6 is 0 Å². The van der Waals surface area contributed by atoms with E-state index in [0.29, 0.717) is 31.2 Å². The van der Waals surface area contributed by atoms with E-state index < -0.39 is 10.0 Å². The van der Waals surface area contributed by atoms with Crippen LogP contribution < -0.4 is 14.4 Å². The van der Waals surface area contributed by atoms with E-state index >= 15 is 0 Å². The molecule has 7 nitrogen and oxygen atoms in total. The standard InChI is InChI=1S/C21H26N2O5S/c1-29(25,26)23(15-21(24)22-14-20-8-5-13-27-20)18-9-11-19(12-10-18)28-16-17-6-3-2-4-7-17/h2-4,6-7,9-12,20H,5,8,13-16H2,1H3,(H,22,24)/t20-/m1/s1. The van der Waals surface area contributed by atoms with Crippen molar-refractivity contribution in [3.05, 3.63) is 60.2 Å². The van der Waals surface area contributed by atoms with Gasteiger partial charge in [-0.3, -0.25) is 9.10 Å². The molecule has 156 valence electrons. The predicted octanol–water partition coefficient (Wildman–Crippen LogP) is 2.33. The van der Waals surface area contributed by atoms with Gasteiger partial charge in [0.2, 0.25) is 15.9 Å². The summed E-state index contributed by atoms with van der Waals surface area (Å²) in [4.78, 5) is 12.3. The van der Waals surface area contributed by atoms with E-state index in [1.165, 1.54) is 0 Å². The fourth-order valence-electron chi connectivity index (χ4n) is 3.07. The first-order valence-electron chi connectivity index (χ1n) is 9.54. The Bertz CT molecular complexity index is 894. The lowest BCUT2D eigenvalue weighted by atomic mass is 10.2. The molecule has 1 amide bonds. The first kappa shape index (κ1) is 21.1. The maximum atomic E-state index is 12.3. The SMILES string of the molecule is CS(=O)(=O)N(CC(=O)NC[C@H]1CCCO1)c1ccc(OCc2ccccc2)cc1. The number of amides is 1. The second kappa shape index (κ2) is 9.76. The topological polar surface area (TPSA) is 84.9 Å². The fraction of sp³-hybridized carbons (Fsp3) is 0.381. The molecule has 1 fully saturated rings. The summed E-state index contributed by atoms with van der Waals surface area (Å²) in [5.41, 5.74) is 1.45. The molecule has 0 aliphatic carbocycles. The Labute approximate surface area is 171 Å². The number of carbonyl (C=O) groups is 1. The van der Waals surface area contributed by atoms with Gasteiger partial charge in [-0.05, 0) is 42.7 Å². The Morgan fingerprint density at radius 3 is 2.52 bits per heavy atom. The molecular formula is C21H26N2O5S. The summed E-state index contributed by atoms with van der Waals surface area (Å²) in [7, 11) is -3.62. The van der Waals surface area contributed by atoms with Gasteiger partial charge < -0.3 is 14.8 Å². The number of benzene rings is 2. The van der Waals surface area contributed by atoms with Gasteiger partial charge in [-0.25, -0.2) is 8.42 Å². The smallest absolute Gasteiger partial charge is 0.240 e. The third kappa shape index (κ3) is 6.47. The zero-order valence-corrected chi connectivity index (χ0v) is 17.2. The van der Waals surface area contributed by atoms with Gasteiger partial charge in [-0.15, -0.1) is 0 Å². The number of hydrogen-bond donors (Lipinski definition) is 1. The number of carbonyl (C=O) groups excluding carboxylic acids is 1. The highest BCUT2D eigenvalue weighted by atomic mass is 32.2. The van der Waals surface area contributed by atoms with Gasteiger partial charge in [0.25, 0.3) is 0 Å². The van der Waals surface area contributed by atoms with Crippen molar-refractivity contribution < 1.29 is 22.7 Å². The maximum Gasteiger partial charge on any atom is 0.240 e. The van der Waals surface area contributed by atoms with Crippen LogP contribution in [0.2, 0.25) is 0 Å². The molecule has 1 N–H and O–H groups in total. The number of hydrogen-bond acceptors (Lipinski definition) is 5. The quantitative estimate of drug-likeness (QED) is 0.676. The van der Waals surface area contributed by atoms with E-state index in [0.717, 1.165) is 29.0 Å². The zero-order chi connectivity index (χ0) is 20.7. The van der Waals surface area contributed by atoms with Crippen LogP contribution in [0.1, 0.15) is 18.4 Å². The van der Waals surface area contributed by atoms with Gasteiger partial charge in [0.05, 0.1) is 18.0 Å². The summed E-state index contributed by atoms with van der Waals surface area (Å²) in [6.07, 6.45) is 2.97. The van der Waals surface area contributed by atoms with E-state index in [2.05, 4.69) is 5.32 Å². The van der Waals surface area contributed by atoms with E-state index in [1.807, 2.05) is 30.3 Å². The number of nitrogens with zero attached hydrogens (tertiary/aromatic N) is 1. The molecule has 1 aliphatic heterocycles. The zero-order valence-electron chi connectivity index (χ0n) is 16.4. The molecule has 8 heteroatoms. The highest BCUT2D eigenvalue weighted by molar-refractivity contribution is 7.92. The number of ether oxygens (including phenoxy) is 2. The van der Waals surface area contributed by atoms with Crippen molar-refractivity contribution >= 4 is 21.6 Å². The van der Waals surface area contributed by atoms with Crippen molar-refractivity contribution in [2.75, 3.05) is 30.3 Å². The van der Waals surface area contributed by atoms with Gasteiger partial charge >= 0.3 is 0 Å². The Kier molecular flexibility index (Phi) is 7.11. The Balaban J connectivity index is 1.59. The van der Waals surface area contributed by atoms with E-state index in [9.17, 15) is 13.2 Å². The van der Waals surface area contributed by atoms with Gasteiger partial charge in [-0.1, -0.05) is 30.3 Å². The van der Waals surface area contributed by atoms with Crippen LogP contribution in [0.25, 0.3) is 0 Å². The first-order valence-corrected chi connectivity index (χ1v) is 11.4. The molecule has 0 radical (unpaired) electrons. The molecule has 1 aliphatic rings. The molecule has 0 spiro atoms. The first-order chi connectivity index (χ1) is 13.9. The van der Waals surface area contributed by atoms with Crippen LogP contribution in [0.4, 0.5) is 5.69 Å². The van der Waals surface area contributed by atoms with Crippen LogP contribution in [-0.2, 0) is 26.2 Å². The molecule has 1 heterocycles. The molecule has 0 unspecified atom stereocenters. The van der Waals surface area contributed by atoms with Crippen LogP contribution in [-0.4, -0.2) is 46.4 Å². The van der Waals surface area contributed by atoms with Crippen LogP contribution in [0, 0.1) is 0 Å². The highest BCUT2D eigenvalue weighted by Crippen LogP contribution is 2.22. The number of nitrogens with one attached hydrogen (secondary N) is 1. The molecular weight excluding hydrogens is 392 g/mol. The third-order valence-electron chi connectivity index (χ3n) is 4.61. The van der Waals surface area contributed by atoms with E-state index in [-0.39, 0.29) is 18.6 Å². The predicted molar refractivity (Wildman–Crippen MR) is 111 cm³/mol. The lowest BCUT2D eigenvalue weighted by molar-refractivity contribution is -0.120. The summed E-state index contributed by atoms with van der Waals surface area (Å²) < 4.78 is 36.7. The Hall–Kier alpha value is -2.58. The summed E-state index contributed by atoms with van der Waals surface area (Å²) in [5, 5.41) is 2.75. The molecule has 2 aromatic rings. The normalized spacial score (nSPS) is 16.4. The molecule has 2 aromatic carbocycles. The minimum Gasteiger partial charge on any atom is -0.489 e. The van der Waals surface area contributed by atoms with Gasteiger partial charge in [0, 0.05) is 13.2 Å². The van der Waals surface area contributed by atoms with Crippen molar-refractivity contribution in [2.45, 2.75) is 25.6 Å².